The van der Waals surface area contributed by atoms with E-state index in [-0.39, 0.29) is 18.1 Å². The van der Waals surface area contributed by atoms with Gasteiger partial charge in [-0.15, -0.1) is 0 Å². The second-order valence-electron chi connectivity index (χ2n) is 7.15. The van der Waals surface area contributed by atoms with Crippen molar-refractivity contribution in [2.24, 2.45) is 0 Å². The minimum absolute atomic E-state index is 0.149. The Morgan fingerprint density at radius 2 is 1.82 bits per heavy atom. The van der Waals surface area contributed by atoms with E-state index >= 15 is 0 Å². The predicted octanol–water partition coefficient (Wildman–Crippen LogP) is 2.62. The van der Waals surface area contributed by atoms with Gasteiger partial charge in [0.2, 0.25) is 10.0 Å². The highest BCUT2D eigenvalue weighted by atomic mass is 32.2. The van der Waals surface area contributed by atoms with E-state index in [1.54, 1.807) is 4.90 Å². The Balaban J connectivity index is 1.85. The van der Waals surface area contributed by atoms with Gasteiger partial charge < -0.3 is 10.2 Å². The van der Waals surface area contributed by atoms with Gasteiger partial charge in [0.1, 0.15) is 0 Å². The maximum absolute atomic E-state index is 12.5. The van der Waals surface area contributed by atoms with Crippen molar-refractivity contribution >= 4 is 16.1 Å². The van der Waals surface area contributed by atoms with Crippen LogP contribution in [-0.4, -0.2) is 50.8 Å². The third kappa shape index (κ3) is 5.11. The molecule has 6 nitrogen and oxygen atoms in total. The summed E-state index contributed by atoms with van der Waals surface area (Å²) in [6.07, 6.45) is 2.35. The summed E-state index contributed by atoms with van der Waals surface area (Å²) < 4.78 is 26.3. The molecule has 0 aliphatic carbocycles. The molecule has 1 saturated heterocycles. The number of nitrogens with one attached hydrogen (secondary N) is 2. The molecule has 28 heavy (non-hydrogen) atoms. The topological polar surface area (TPSA) is 78.5 Å². The Morgan fingerprint density at radius 1 is 1.11 bits per heavy atom. The molecule has 0 spiro atoms. The lowest BCUT2D eigenvalue weighted by Crippen LogP contribution is -2.50. The van der Waals surface area contributed by atoms with Gasteiger partial charge in [-0.05, 0) is 36.5 Å². The SMILES string of the molecule is CCNC(=O)N1CC[C@H](NS(C)(=O)=O)[C@H]1Cc1cccc(-c2ccccc2)c1. The molecule has 0 unspecified atom stereocenters. The number of rotatable bonds is 6. The molecule has 0 aromatic heterocycles. The third-order valence-electron chi connectivity index (χ3n) is 4.98. The van der Waals surface area contributed by atoms with E-state index in [1.807, 2.05) is 37.3 Å². The van der Waals surface area contributed by atoms with E-state index in [4.69, 9.17) is 0 Å². The summed E-state index contributed by atoms with van der Waals surface area (Å²) in [5, 5.41) is 2.83. The van der Waals surface area contributed by atoms with Crippen molar-refractivity contribution in [2.45, 2.75) is 31.8 Å². The highest BCUT2D eigenvalue weighted by molar-refractivity contribution is 7.88. The van der Waals surface area contributed by atoms with E-state index in [2.05, 4.69) is 34.3 Å². The lowest BCUT2D eigenvalue weighted by atomic mass is 9.97. The quantitative estimate of drug-likeness (QED) is 0.781. The van der Waals surface area contributed by atoms with Crippen LogP contribution in [0, 0.1) is 0 Å². The number of likely N-dealkylation sites (tertiary alicyclic amines) is 1. The molecule has 2 atom stereocenters. The summed E-state index contributed by atoms with van der Waals surface area (Å²) in [4.78, 5) is 14.2. The fourth-order valence-corrected chi connectivity index (χ4v) is 4.60. The number of hydrogen-bond acceptors (Lipinski definition) is 3. The zero-order chi connectivity index (χ0) is 20.1. The second kappa shape index (κ2) is 8.75. The molecule has 2 aromatic carbocycles. The van der Waals surface area contributed by atoms with E-state index in [9.17, 15) is 13.2 Å². The molecule has 2 N–H and O–H groups in total. The highest BCUT2D eigenvalue weighted by Gasteiger charge is 2.38. The van der Waals surface area contributed by atoms with Crippen LogP contribution in [0.2, 0.25) is 0 Å². The number of carbonyl (C=O) groups excluding carboxylic acids is 1. The molecule has 0 bridgehead atoms. The summed E-state index contributed by atoms with van der Waals surface area (Å²) in [7, 11) is -3.35. The maximum Gasteiger partial charge on any atom is 0.317 e. The van der Waals surface area contributed by atoms with Crippen LogP contribution in [0.1, 0.15) is 18.9 Å². The largest absolute Gasteiger partial charge is 0.338 e. The Hall–Kier alpha value is -2.38. The zero-order valence-corrected chi connectivity index (χ0v) is 17.1. The van der Waals surface area contributed by atoms with Crippen LogP contribution in [0.15, 0.2) is 54.6 Å². The number of carbonyl (C=O) groups is 1. The molecule has 1 aliphatic rings. The minimum Gasteiger partial charge on any atom is -0.338 e. The van der Waals surface area contributed by atoms with Gasteiger partial charge in [0.25, 0.3) is 0 Å². The molecule has 2 aromatic rings. The van der Waals surface area contributed by atoms with Crippen LogP contribution >= 0.6 is 0 Å². The molecule has 1 fully saturated rings. The van der Waals surface area contributed by atoms with Gasteiger partial charge in [-0.3, -0.25) is 0 Å². The minimum atomic E-state index is -3.35. The lowest BCUT2D eigenvalue weighted by Gasteiger charge is -2.28. The van der Waals surface area contributed by atoms with Crippen molar-refractivity contribution < 1.29 is 13.2 Å². The van der Waals surface area contributed by atoms with Crippen molar-refractivity contribution in [3.05, 3.63) is 60.2 Å². The maximum atomic E-state index is 12.5. The van der Waals surface area contributed by atoms with Crippen molar-refractivity contribution in [3.8, 4) is 11.1 Å². The van der Waals surface area contributed by atoms with Crippen molar-refractivity contribution in [1.29, 1.82) is 0 Å². The highest BCUT2D eigenvalue weighted by Crippen LogP contribution is 2.25. The molecular formula is C21H27N3O3S. The molecule has 150 valence electrons. The van der Waals surface area contributed by atoms with E-state index in [1.165, 1.54) is 0 Å². The lowest BCUT2D eigenvalue weighted by molar-refractivity contribution is 0.189. The number of amides is 2. The summed E-state index contributed by atoms with van der Waals surface area (Å²) >= 11 is 0. The van der Waals surface area contributed by atoms with E-state index in [0.717, 1.165) is 22.9 Å². The Bertz CT molecular complexity index is 916. The summed E-state index contributed by atoms with van der Waals surface area (Å²) in [5.74, 6) is 0. The first-order valence-electron chi connectivity index (χ1n) is 9.53. The van der Waals surface area contributed by atoms with Crippen LogP contribution in [0.4, 0.5) is 4.79 Å². The molecule has 7 heteroatoms. The first-order chi connectivity index (χ1) is 13.4. The Morgan fingerprint density at radius 3 is 2.50 bits per heavy atom. The van der Waals surface area contributed by atoms with Gasteiger partial charge in [0.05, 0.1) is 12.3 Å². The zero-order valence-electron chi connectivity index (χ0n) is 16.3. The van der Waals surface area contributed by atoms with E-state index in [0.29, 0.717) is 25.9 Å². The van der Waals surface area contributed by atoms with Crippen LogP contribution in [0.3, 0.4) is 0 Å². The molecular weight excluding hydrogens is 374 g/mol. The van der Waals surface area contributed by atoms with Crippen LogP contribution in [0.25, 0.3) is 11.1 Å². The first-order valence-corrected chi connectivity index (χ1v) is 11.4. The van der Waals surface area contributed by atoms with Crippen LogP contribution in [-0.2, 0) is 16.4 Å². The molecule has 0 saturated carbocycles. The first kappa shape index (κ1) is 20.4. The normalized spacial score (nSPS) is 19.6. The molecule has 1 heterocycles. The standard InChI is InChI=1S/C21H27N3O3S/c1-3-22-21(25)24-13-12-19(23-28(2,26)27)20(24)15-16-8-7-11-18(14-16)17-9-5-4-6-10-17/h4-11,14,19-20,23H,3,12-13,15H2,1-2H3,(H,22,25)/t19-,20+/m0/s1. The number of hydrogen-bond donors (Lipinski definition) is 2. The number of urea groups is 1. The van der Waals surface area contributed by atoms with Crippen molar-refractivity contribution in [1.82, 2.24) is 14.9 Å². The number of benzene rings is 2. The number of sulfonamides is 1. The smallest absolute Gasteiger partial charge is 0.317 e. The van der Waals surface area contributed by atoms with Gasteiger partial charge in [-0.1, -0.05) is 54.6 Å². The molecule has 2 amide bonds. The Labute approximate surface area is 167 Å². The summed E-state index contributed by atoms with van der Waals surface area (Å²) in [5.41, 5.74) is 3.30. The fourth-order valence-electron chi connectivity index (χ4n) is 3.77. The average Bonchev–Trinajstić information content (AvgIpc) is 3.03. The van der Waals surface area contributed by atoms with Gasteiger partial charge in [0.15, 0.2) is 0 Å². The Kier molecular flexibility index (Phi) is 6.36. The third-order valence-corrected chi connectivity index (χ3v) is 5.71. The molecule has 3 rings (SSSR count). The van der Waals surface area contributed by atoms with Gasteiger partial charge in [0, 0.05) is 19.1 Å². The summed E-state index contributed by atoms with van der Waals surface area (Å²) in [6.45, 7) is 2.94. The van der Waals surface area contributed by atoms with Crippen molar-refractivity contribution in [3.63, 3.8) is 0 Å². The predicted molar refractivity (Wildman–Crippen MR) is 112 cm³/mol. The monoisotopic (exact) mass is 401 g/mol. The van der Waals surface area contributed by atoms with Crippen LogP contribution in [0.5, 0.6) is 0 Å². The van der Waals surface area contributed by atoms with Crippen molar-refractivity contribution in [2.75, 3.05) is 19.3 Å². The number of nitrogens with zero attached hydrogens (tertiary/aromatic N) is 1. The average molecular weight is 402 g/mol. The van der Waals surface area contributed by atoms with Gasteiger partial charge >= 0.3 is 6.03 Å². The van der Waals surface area contributed by atoms with Gasteiger partial charge in [-0.2, -0.15) is 0 Å². The van der Waals surface area contributed by atoms with Gasteiger partial charge in [-0.25, -0.2) is 17.9 Å². The van der Waals surface area contributed by atoms with E-state index < -0.39 is 10.0 Å². The molecule has 0 radical (unpaired) electrons. The molecule has 1 aliphatic heterocycles. The summed E-state index contributed by atoms with van der Waals surface area (Å²) in [6, 6.07) is 17.6. The second-order valence-corrected chi connectivity index (χ2v) is 8.93. The fraction of sp³-hybridized carbons (Fsp3) is 0.381. The van der Waals surface area contributed by atoms with Crippen LogP contribution < -0.4 is 10.0 Å².